The Kier molecular flexibility index (Phi) is 17.7. The minimum atomic E-state index is 0.241. The molecule has 5 heteroatoms. The molecule has 21 unspecified atom stereocenters. The standard InChI is InChI=1S/C67H105N5/c1-3-11-64(69)53-20-6-15-48(33-53)59-37-57(38-60(41-59)50-17-8-22-55(35-50)66-25-28-71-66)46-13-4-12-45(31-46)44(2)30-63(43-68)52-19-5-14-47(32-52)58-39-61(49-16-7-21-54(34-49)65-24-10-27-70-65)42-62(40-58)51-18-9-23-56(36-51)67-26-29-72-67/h3-5,11-12,14,29,32,36,42,44-46,48-50,52-61,63-67,70-71H,6-10,13,15-28,30-31,33-35,37-41,43,68-69H2,1-2H3. The first kappa shape index (κ1) is 52.0. The summed E-state index contributed by atoms with van der Waals surface area (Å²) >= 11 is 0. The van der Waals surface area contributed by atoms with Crippen molar-refractivity contribution in [2.24, 2.45) is 117 Å². The normalized spacial score (nSPS) is 44.0. The van der Waals surface area contributed by atoms with Crippen LogP contribution in [0.15, 0.2) is 76.4 Å². The summed E-state index contributed by atoms with van der Waals surface area (Å²) in [4.78, 5) is 4.83. The van der Waals surface area contributed by atoms with E-state index in [0.717, 1.165) is 71.9 Å². The Bertz CT molecular complexity index is 1980. The van der Waals surface area contributed by atoms with E-state index < -0.39 is 0 Å². The lowest BCUT2D eigenvalue weighted by Gasteiger charge is -2.49. The van der Waals surface area contributed by atoms with Gasteiger partial charge in [-0.15, -0.1) is 0 Å². The fourth-order valence-electron chi connectivity index (χ4n) is 19.1. The van der Waals surface area contributed by atoms with Gasteiger partial charge in [-0.2, -0.15) is 0 Å². The summed E-state index contributed by atoms with van der Waals surface area (Å²) in [5, 5.41) is 7.78. The molecule has 0 aromatic heterocycles. The van der Waals surface area contributed by atoms with E-state index in [4.69, 9.17) is 16.5 Å². The van der Waals surface area contributed by atoms with Crippen molar-refractivity contribution in [3.63, 3.8) is 0 Å². The monoisotopic (exact) mass is 980 g/mol. The van der Waals surface area contributed by atoms with Gasteiger partial charge in [0.25, 0.3) is 0 Å². The number of rotatable bonds is 16. The van der Waals surface area contributed by atoms with Gasteiger partial charge in [0.2, 0.25) is 0 Å². The highest BCUT2D eigenvalue weighted by molar-refractivity contribution is 5.64. The van der Waals surface area contributed by atoms with Gasteiger partial charge in [0.15, 0.2) is 0 Å². The Hall–Kier alpha value is -2.05. The number of nitrogens with two attached hydrogens (primary N) is 2. The Labute approximate surface area is 440 Å². The summed E-state index contributed by atoms with van der Waals surface area (Å²) in [5.41, 5.74) is 18.9. The highest BCUT2D eigenvalue weighted by atomic mass is 15.0. The first-order valence-corrected chi connectivity index (χ1v) is 31.9. The number of allylic oxidation sites excluding steroid dienone is 10. The second kappa shape index (κ2) is 24.5. The molecule has 72 heavy (non-hydrogen) atoms. The summed E-state index contributed by atoms with van der Waals surface area (Å²) in [6.07, 6.45) is 64.4. The second-order valence-electron chi connectivity index (χ2n) is 27.6. The fraction of sp³-hybridized carbons (Fsp3) is 0.806. The Morgan fingerprint density at radius 1 is 0.625 bits per heavy atom. The molecule has 3 heterocycles. The van der Waals surface area contributed by atoms with Gasteiger partial charge in [-0.05, 0) is 279 Å². The molecular weight excluding hydrogens is 875 g/mol. The zero-order chi connectivity index (χ0) is 49.0. The molecule has 6 N–H and O–H groups in total. The molecule has 21 atom stereocenters. The van der Waals surface area contributed by atoms with Crippen LogP contribution in [0.1, 0.15) is 194 Å². The van der Waals surface area contributed by atoms with Crippen molar-refractivity contribution < 1.29 is 0 Å². The second-order valence-corrected chi connectivity index (χ2v) is 27.6. The number of nitrogens with one attached hydrogen (secondary N) is 2. The predicted octanol–water partition coefficient (Wildman–Crippen LogP) is 14.7. The molecule has 0 radical (unpaired) electrons. The maximum atomic E-state index is 6.95. The third kappa shape index (κ3) is 12.2. The highest BCUT2D eigenvalue weighted by Gasteiger charge is 2.44. The summed E-state index contributed by atoms with van der Waals surface area (Å²) < 4.78 is 0. The van der Waals surface area contributed by atoms with Crippen LogP contribution in [0.25, 0.3) is 0 Å². The van der Waals surface area contributed by atoms with E-state index in [1.807, 2.05) is 0 Å². The summed E-state index contributed by atoms with van der Waals surface area (Å²) in [6.45, 7) is 8.09. The Morgan fingerprint density at radius 2 is 1.32 bits per heavy atom. The van der Waals surface area contributed by atoms with Gasteiger partial charge < -0.3 is 22.1 Å². The van der Waals surface area contributed by atoms with Crippen molar-refractivity contribution in [2.75, 3.05) is 19.6 Å². The van der Waals surface area contributed by atoms with Crippen LogP contribution in [0, 0.1) is 101 Å². The van der Waals surface area contributed by atoms with Crippen molar-refractivity contribution >= 4 is 6.21 Å². The molecule has 2 saturated heterocycles. The van der Waals surface area contributed by atoms with E-state index in [9.17, 15) is 0 Å². The van der Waals surface area contributed by atoms with E-state index >= 15 is 0 Å². The number of nitrogens with zero attached hydrogens (tertiary/aromatic N) is 1. The molecule has 8 aliphatic carbocycles. The Balaban J connectivity index is 0.766. The molecule has 0 bridgehead atoms. The minimum absolute atomic E-state index is 0.241. The van der Waals surface area contributed by atoms with Gasteiger partial charge in [-0.3, -0.25) is 4.99 Å². The summed E-state index contributed by atoms with van der Waals surface area (Å²) in [7, 11) is 0. The average Bonchev–Trinajstić information content (AvgIpc) is 3.95. The van der Waals surface area contributed by atoms with Crippen LogP contribution in [0.5, 0.6) is 0 Å². The highest BCUT2D eigenvalue weighted by Crippen LogP contribution is 2.54. The molecule has 5 nitrogen and oxygen atoms in total. The van der Waals surface area contributed by atoms with Crippen LogP contribution in [0.4, 0.5) is 0 Å². The van der Waals surface area contributed by atoms with Gasteiger partial charge in [-0.25, -0.2) is 0 Å². The lowest BCUT2D eigenvalue weighted by Crippen LogP contribution is -2.49. The van der Waals surface area contributed by atoms with Crippen LogP contribution < -0.4 is 22.1 Å². The van der Waals surface area contributed by atoms with E-state index in [2.05, 4.69) is 85.4 Å². The molecule has 3 aliphatic heterocycles. The molecule has 0 amide bonds. The number of aliphatic imine (C=N–C) groups is 1. The number of hydrogen-bond donors (Lipinski definition) is 4. The number of hydrogen-bond acceptors (Lipinski definition) is 5. The van der Waals surface area contributed by atoms with Crippen molar-refractivity contribution in [1.82, 2.24) is 10.6 Å². The first-order chi connectivity index (χ1) is 35.3. The van der Waals surface area contributed by atoms with Crippen LogP contribution in [-0.4, -0.2) is 50.0 Å². The minimum Gasteiger partial charge on any atom is -0.330 e. The third-order valence-electron chi connectivity index (χ3n) is 23.4. The van der Waals surface area contributed by atoms with Gasteiger partial charge in [-0.1, -0.05) is 93.7 Å². The molecule has 11 rings (SSSR count). The SMILES string of the molecule is CC=CC(N)C1CCCC(C2CC(C3CC=CC(C(C)CC(CN)C4C=C(C5CC(C6=CC(C7CC=N7)CCC6)=CC(C6CCCC(C7CCCN7)C6)C5)C=CC4)C3)CC(C3CCCC(C4CCN4)C3)C2)C1. The molecular formula is C67H105N5. The van der Waals surface area contributed by atoms with Crippen LogP contribution in [-0.2, 0) is 0 Å². The summed E-state index contributed by atoms with van der Waals surface area (Å²) in [5.74, 6) is 13.2. The molecule has 0 spiro atoms. The van der Waals surface area contributed by atoms with E-state index in [1.165, 1.54) is 193 Å². The maximum Gasteiger partial charge on any atom is 0.0607 e. The Morgan fingerprint density at radius 3 is 2.03 bits per heavy atom. The topological polar surface area (TPSA) is 88.5 Å². The molecule has 398 valence electrons. The van der Waals surface area contributed by atoms with Crippen molar-refractivity contribution in [2.45, 2.75) is 218 Å². The lowest BCUT2D eigenvalue weighted by molar-refractivity contribution is 0.0267. The van der Waals surface area contributed by atoms with Crippen molar-refractivity contribution in [3.05, 3.63) is 71.4 Å². The van der Waals surface area contributed by atoms with Crippen molar-refractivity contribution in [1.29, 1.82) is 0 Å². The predicted molar refractivity (Wildman–Crippen MR) is 305 cm³/mol. The lowest BCUT2D eigenvalue weighted by atomic mass is 9.57. The largest absolute Gasteiger partial charge is 0.330 e. The fourth-order valence-corrected chi connectivity index (χ4v) is 19.1. The zero-order valence-electron chi connectivity index (χ0n) is 45.9. The summed E-state index contributed by atoms with van der Waals surface area (Å²) in [6, 6.07) is 2.37. The average molecular weight is 981 g/mol. The van der Waals surface area contributed by atoms with E-state index in [1.54, 1.807) is 16.7 Å². The molecule has 6 fully saturated rings. The van der Waals surface area contributed by atoms with Gasteiger partial charge >= 0.3 is 0 Å². The van der Waals surface area contributed by atoms with Crippen LogP contribution >= 0.6 is 0 Å². The molecule has 11 aliphatic rings. The van der Waals surface area contributed by atoms with E-state index in [0.29, 0.717) is 53.4 Å². The first-order valence-electron chi connectivity index (χ1n) is 31.9. The van der Waals surface area contributed by atoms with Gasteiger partial charge in [0.1, 0.15) is 0 Å². The molecule has 0 aromatic carbocycles. The smallest absolute Gasteiger partial charge is 0.0607 e. The van der Waals surface area contributed by atoms with Crippen LogP contribution in [0.2, 0.25) is 0 Å². The van der Waals surface area contributed by atoms with Gasteiger partial charge in [0.05, 0.1) is 6.04 Å². The van der Waals surface area contributed by atoms with E-state index in [-0.39, 0.29) is 6.04 Å². The van der Waals surface area contributed by atoms with Crippen LogP contribution in [0.3, 0.4) is 0 Å². The third-order valence-corrected chi connectivity index (χ3v) is 23.4. The maximum absolute atomic E-state index is 6.95. The zero-order valence-corrected chi connectivity index (χ0v) is 45.9. The van der Waals surface area contributed by atoms with Crippen molar-refractivity contribution in [3.8, 4) is 0 Å². The molecule has 4 saturated carbocycles. The quantitative estimate of drug-likeness (QED) is 0.116. The molecule has 0 aromatic rings. The van der Waals surface area contributed by atoms with Gasteiger partial charge in [0, 0.05) is 36.7 Å².